The molecule has 0 spiro atoms. The van der Waals surface area contributed by atoms with Gasteiger partial charge in [-0.15, -0.1) is 0 Å². The Morgan fingerprint density at radius 2 is 2.17 bits per heavy atom. The fraction of sp³-hybridized carbons (Fsp3) is 0.389. The summed E-state index contributed by atoms with van der Waals surface area (Å²) in [7, 11) is 1.64. The molecular formula is C18H21NO4. The molecule has 5 heteroatoms. The van der Waals surface area contributed by atoms with Crippen LogP contribution in [0.4, 0.5) is 0 Å². The van der Waals surface area contributed by atoms with Gasteiger partial charge in [0.05, 0.1) is 19.3 Å². The molecule has 0 aliphatic carbocycles. The summed E-state index contributed by atoms with van der Waals surface area (Å²) in [5.41, 5.74) is 1.75. The Morgan fingerprint density at radius 3 is 2.87 bits per heavy atom. The number of methoxy groups -OCH3 is 1. The van der Waals surface area contributed by atoms with Crippen LogP contribution < -0.4 is 14.8 Å². The van der Waals surface area contributed by atoms with E-state index < -0.39 is 0 Å². The topological polar surface area (TPSA) is 60.7 Å². The number of benzene rings is 1. The average Bonchev–Trinajstić information content (AvgIpc) is 2.90. The van der Waals surface area contributed by atoms with Crippen molar-refractivity contribution in [3.8, 4) is 11.5 Å². The summed E-state index contributed by atoms with van der Waals surface area (Å²) >= 11 is 0. The molecule has 0 saturated carbocycles. The Hall–Kier alpha value is -2.43. The highest BCUT2D eigenvalue weighted by molar-refractivity contribution is 5.95. The predicted molar refractivity (Wildman–Crippen MR) is 86.2 cm³/mol. The summed E-state index contributed by atoms with van der Waals surface area (Å²) in [6.07, 6.45) is 0.878. The number of ether oxygens (including phenoxy) is 2. The predicted octanol–water partition coefficient (Wildman–Crippen LogP) is 2.89. The van der Waals surface area contributed by atoms with E-state index in [1.165, 1.54) is 0 Å². The Balaban J connectivity index is 1.59. The SMILES string of the molecule is COc1ccc2c(c1)OC[C@H](CNC(=O)c1cc(C)oc1C)C2. The molecule has 2 heterocycles. The number of carbonyl (C=O) groups excluding carboxylic acids is 1. The Kier molecular flexibility index (Phi) is 4.28. The lowest BCUT2D eigenvalue weighted by molar-refractivity contribution is 0.0937. The molecule has 0 saturated heterocycles. The van der Waals surface area contributed by atoms with E-state index in [2.05, 4.69) is 5.32 Å². The number of fused-ring (bicyclic) bond motifs is 1. The fourth-order valence-corrected chi connectivity index (χ4v) is 2.86. The number of furan rings is 1. The standard InChI is InChI=1S/C18H21NO4/c1-11-6-16(12(2)23-11)18(20)19-9-13-7-14-4-5-15(21-3)8-17(14)22-10-13/h4-6,8,13H,7,9-10H2,1-3H3,(H,19,20)/t13-/m0/s1. The minimum atomic E-state index is -0.0973. The second kappa shape index (κ2) is 6.36. The summed E-state index contributed by atoms with van der Waals surface area (Å²) in [5.74, 6) is 3.22. The van der Waals surface area contributed by atoms with E-state index >= 15 is 0 Å². The average molecular weight is 315 g/mol. The number of carbonyl (C=O) groups is 1. The van der Waals surface area contributed by atoms with Gasteiger partial charge in [0.15, 0.2) is 0 Å². The van der Waals surface area contributed by atoms with Crippen LogP contribution in [0.5, 0.6) is 11.5 Å². The molecule has 1 amide bonds. The van der Waals surface area contributed by atoms with E-state index in [1.807, 2.05) is 25.1 Å². The van der Waals surface area contributed by atoms with Gasteiger partial charge in [0.2, 0.25) is 0 Å². The van der Waals surface area contributed by atoms with E-state index in [-0.39, 0.29) is 11.8 Å². The Morgan fingerprint density at radius 1 is 1.35 bits per heavy atom. The fourth-order valence-electron chi connectivity index (χ4n) is 2.86. The zero-order valence-corrected chi connectivity index (χ0v) is 13.6. The molecule has 0 fully saturated rings. The molecule has 0 radical (unpaired) electrons. The first-order chi connectivity index (χ1) is 11.1. The van der Waals surface area contributed by atoms with Crippen LogP contribution in [0.2, 0.25) is 0 Å². The van der Waals surface area contributed by atoms with Gasteiger partial charge in [0, 0.05) is 18.5 Å². The van der Waals surface area contributed by atoms with Crippen molar-refractivity contribution in [2.75, 3.05) is 20.3 Å². The third-order valence-electron chi connectivity index (χ3n) is 4.09. The molecule has 122 valence electrons. The lowest BCUT2D eigenvalue weighted by Gasteiger charge is -2.25. The quantitative estimate of drug-likeness (QED) is 0.942. The van der Waals surface area contributed by atoms with Crippen molar-refractivity contribution < 1.29 is 18.7 Å². The van der Waals surface area contributed by atoms with Crippen LogP contribution in [0.3, 0.4) is 0 Å². The third kappa shape index (κ3) is 3.33. The minimum absolute atomic E-state index is 0.0973. The van der Waals surface area contributed by atoms with E-state index in [9.17, 15) is 4.79 Å². The molecule has 0 bridgehead atoms. The smallest absolute Gasteiger partial charge is 0.254 e. The zero-order valence-electron chi connectivity index (χ0n) is 13.6. The van der Waals surface area contributed by atoms with Crippen molar-refractivity contribution in [3.05, 3.63) is 46.9 Å². The van der Waals surface area contributed by atoms with Crippen LogP contribution in [0.25, 0.3) is 0 Å². The summed E-state index contributed by atoms with van der Waals surface area (Å²) in [4.78, 5) is 12.2. The van der Waals surface area contributed by atoms with Crippen LogP contribution in [-0.4, -0.2) is 26.2 Å². The highest BCUT2D eigenvalue weighted by atomic mass is 16.5. The lowest BCUT2D eigenvalue weighted by Crippen LogP contribution is -2.34. The summed E-state index contributed by atoms with van der Waals surface area (Å²) < 4.78 is 16.4. The van der Waals surface area contributed by atoms with Crippen molar-refractivity contribution in [2.24, 2.45) is 5.92 Å². The minimum Gasteiger partial charge on any atom is -0.497 e. The van der Waals surface area contributed by atoms with E-state index in [1.54, 1.807) is 20.1 Å². The highest BCUT2D eigenvalue weighted by Gasteiger charge is 2.22. The van der Waals surface area contributed by atoms with Gasteiger partial charge in [-0.1, -0.05) is 6.07 Å². The van der Waals surface area contributed by atoms with Crippen molar-refractivity contribution in [2.45, 2.75) is 20.3 Å². The third-order valence-corrected chi connectivity index (χ3v) is 4.09. The van der Waals surface area contributed by atoms with Gasteiger partial charge in [0.25, 0.3) is 5.91 Å². The number of amides is 1. The summed E-state index contributed by atoms with van der Waals surface area (Å²) in [5, 5.41) is 2.97. The molecular weight excluding hydrogens is 294 g/mol. The monoisotopic (exact) mass is 315 g/mol. The number of nitrogens with one attached hydrogen (secondary N) is 1. The molecule has 1 aromatic carbocycles. The van der Waals surface area contributed by atoms with Crippen LogP contribution >= 0.6 is 0 Å². The van der Waals surface area contributed by atoms with Crippen LogP contribution in [0.1, 0.15) is 27.4 Å². The Bertz CT molecular complexity index is 720. The maximum atomic E-state index is 12.2. The van der Waals surface area contributed by atoms with Crippen molar-refractivity contribution in [3.63, 3.8) is 0 Å². The Labute approximate surface area is 135 Å². The second-order valence-electron chi connectivity index (χ2n) is 5.89. The van der Waals surface area contributed by atoms with Crippen LogP contribution in [-0.2, 0) is 6.42 Å². The molecule has 1 aliphatic heterocycles. The van der Waals surface area contributed by atoms with E-state index in [4.69, 9.17) is 13.9 Å². The number of hydrogen-bond acceptors (Lipinski definition) is 4. The molecule has 1 N–H and O–H groups in total. The van der Waals surface area contributed by atoms with Gasteiger partial charge in [-0.3, -0.25) is 4.79 Å². The van der Waals surface area contributed by atoms with Crippen molar-refractivity contribution in [1.29, 1.82) is 0 Å². The van der Waals surface area contributed by atoms with Crippen LogP contribution in [0.15, 0.2) is 28.7 Å². The second-order valence-corrected chi connectivity index (χ2v) is 5.89. The molecule has 3 rings (SSSR count). The molecule has 2 aromatic rings. The van der Waals surface area contributed by atoms with Crippen molar-refractivity contribution in [1.82, 2.24) is 5.32 Å². The number of aryl methyl sites for hydroxylation is 2. The largest absolute Gasteiger partial charge is 0.497 e. The van der Waals surface area contributed by atoms with E-state index in [0.29, 0.717) is 24.5 Å². The van der Waals surface area contributed by atoms with E-state index in [0.717, 1.165) is 29.2 Å². The molecule has 0 unspecified atom stereocenters. The number of hydrogen-bond donors (Lipinski definition) is 1. The van der Waals surface area contributed by atoms with Gasteiger partial charge < -0.3 is 19.2 Å². The van der Waals surface area contributed by atoms with Crippen molar-refractivity contribution >= 4 is 5.91 Å². The molecule has 1 aliphatic rings. The van der Waals surface area contributed by atoms with Gasteiger partial charge >= 0.3 is 0 Å². The number of rotatable bonds is 4. The van der Waals surface area contributed by atoms with Gasteiger partial charge in [-0.25, -0.2) is 0 Å². The summed E-state index contributed by atoms with van der Waals surface area (Å²) in [6.45, 7) is 4.80. The summed E-state index contributed by atoms with van der Waals surface area (Å²) in [6, 6.07) is 7.62. The first-order valence-corrected chi connectivity index (χ1v) is 7.71. The molecule has 1 aromatic heterocycles. The maximum absolute atomic E-state index is 12.2. The molecule has 23 heavy (non-hydrogen) atoms. The first-order valence-electron chi connectivity index (χ1n) is 7.71. The van der Waals surface area contributed by atoms with Crippen LogP contribution in [0, 0.1) is 19.8 Å². The zero-order chi connectivity index (χ0) is 16.4. The normalized spacial score (nSPS) is 16.4. The van der Waals surface area contributed by atoms with Gasteiger partial charge in [-0.2, -0.15) is 0 Å². The van der Waals surface area contributed by atoms with Gasteiger partial charge in [-0.05, 0) is 38.0 Å². The molecule has 5 nitrogen and oxygen atoms in total. The molecule has 1 atom stereocenters. The first kappa shape index (κ1) is 15.5. The van der Waals surface area contributed by atoms with Gasteiger partial charge in [0.1, 0.15) is 23.0 Å². The highest BCUT2D eigenvalue weighted by Crippen LogP contribution is 2.30. The lowest BCUT2D eigenvalue weighted by atomic mass is 9.96. The maximum Gasteiger partial charge on any atom is 0.254 e.